The van der Waals surface area contributed by atoms with Crippen molar-refractivity contribution in [3.05, 3.63) is 12.2 Å². The van der Waals surface area contributed by atoms with Gasteiger partial charge in [-0.2, -0.15) is 0 Å². The standard InChI is InChI=1S/C18H35N7O2.HI/c1-7-9-10-14(11-21-17(26)27-18(3,4)5)23-16(19-6)20-12-15-24-22-13-25(15)8-2;/h13-14H,7-12H2,1-6H3,(H,21,26)(H2,19,20,23);1H. The second-order valence-corrected chi connectivity index (χ2v) is 7.33. The van der Waals surface area contributed by atoms with E-state index in [4.69, 9.17) is 4.74 Å². The van der Waals surface area contributed by atoms with E-state index in [-0.39, 0.29) is 30.0 Å². The van der Waals surface area contributed by atoms with Crippen molar-refractivity contribution in [1.82, 2.24) is 30.7 Å². The maximum absolute atomic E-state index is 11.9. The molecule has 0 fully saturated rings. The summed E-state index contributed by atoms with van der Waals surface area (Å²) in [5.41, 5.74) is -0.511. The minimum absolute atomic E-state index is 0. The Labute approximate surface area is 185 Å². The maximum atomic E-state index is 11.9. The number of nitrogens with zero attached hydrogens (tertiary/aromatic N) is 4. The molecule has 0 saturated heterocycles. The summed E-state index contributed by atoms with van der Waals surface area (Å²) in [6, 6.07) is 0.0488. The average Bonchev–Trinajstić information content (AvgIpc) is 3.06. The van der Waals surface area contributed by atoms with Gasteiger partial charge in [0.05, 0.1) is 6.54 Å². The Hall–Kier alpha value is -1.59. The number of halogens is 1. The number of aryl methyl sites for hydroxylation is 1. The van der Waals surface area contributed by atoms with Gasteiger partial charge in [0, 0.05) is 26.2 Å². The number of hydrogen-bond acceptors (Lipinski definition) is 5. The van der Waals surface area contributed by atoms with Crippen molar-refractivity contribution in [2.24, 2.45) is 4.99 Å². The van der Waals surface area contributed by atoms with Gasteiger partial charge in [-0.1, -0.05) is 19.8 Å². The molecule has 3 N–H and O–H groups in total. The Bertz CT molecular complexity index is 599. The van der Waals surface area contributed by atoms with E-state index in [1.165, 1.54) is 0 Å². The SMILES string of the molecule is CCCCC(CNC(=O)OC(C)(C)C)NC(=NC)NCc1nncn1CC.I. The highest BCUT2D eigenvalue weighted by Crippen LogP contribution is 2.07. The highest BCUT2D eigenvalue weighted by atomic mass is 127. The Morgan fingerprint density at radius 3 is 2.61 bits per heavy atom. The molecule has 1 heterocycles. The lowest BCUT2D eigenvalue weighted by molar-refractivity contribution is 0.0523. The molecule has 0 aliphatic rings. The van der Waals surface area contributed by atoms with Crippen LogP contribution in [0.25, 0.3) is 0 Å². The van der Waals surface area contributed by atoms with Gasteiger partial charge in [-0.3, -0.25) is 4.99 Å². The minimum Gasteiger partial charge on any atom is -0.444 e. The minimum atomic E-state index is -0.511. The summed E-state index contributed by atoms with van der Waals surface area (Å²) >= 11 is 0. The van der Waals surface area contributed by atoms with Gasteiger partial charge < -0.3 is 25.3 Å². The molecular formula is C18H36IN7O2. The highest BCUT2D eigenvalue weighted by Gasteiger charge is 2.18. The van der Waals surface area contributed by atoms with E-state index >= 15 is 0 Å². The third-order valence-electron chi connectivity index (χ3n) is 3.81. The number of aromatic nitrogens is 3. The van der Waals surface area contributed by atoms with Crippen LogP contribution in [0, 0.1) is 0 Å². The van der Waals surface area contributed by atoms with E-state index < -0.39 is 11.7 Å². The van der Waals surface area contributed by atoms with Crippen molar-refractivity contribution in [3.63, 3.8) is 0 Å². The largest absolute Gasteiger partial charge is 0.444 e. The first-order chi connectivity index (χ1) is 12.8. The van der Waals surface area contributed by atoms with E-state index in [1.54, 1.807) is 13.4 Å². The number of alkyl carbamates (subject to hydrolysis) is 1. The summed E-state index contributed by atoms with van der Waals surface area (Å²) < 4.78 is 7.28. The number of unbranched alkanes of at least 4 members (excludes halogenated alkanes) is 1. The lowest BCUT2D eigenvalue weighted by Crippen LogP contribution is -2.49. The Balaban J connectivity index is 0.00000729. The van der Waals surface area contributed by atoms with Gasteiger partial charge in [0.15, 0.2) is 11.8 Å². The van der Waals surface area contributed by atoms with Crippen molar-refractivity contribution < 1.29 is 9.53 Å². The van der Waals surface area contributed by atoms with Gasteiger partial charge in [0.2, 0.25) is 0 Å². The van der Waals surface area contributed by atoms with E-state index in [9.17, 15) is 4.79 Å². The molecule has 1 atom stereocenters. The van der Waals surface area contributed by atoms with Gasteiger partial charge >= 0.3 is 6.09 Å². The number of nitrogens with one attached hydrogen (secondary N) is 3. The molecule has 0 saturated carbocycles. The predicted octanol–water partition coefficient (Wildman–Crippen LogP) is 2.66. The molecule has 0 aliphatic carbocycles. The van der Waals surface area contributed by atoms with E-state index in [2.05, 4.69) is 38.1 Å². The zero-order chi connectivity index (χ0) is 20.3. The van der Waals surface area contributed by atoms with Crippen molar-refractivity contribution in [2.45, 2.75) is 78.6 Å². The number of guanidine groups is 1. The smallest absolute Gasteiger partial charge is 0.407 e. The topological polar surface area (TPSA) is 105 Å². The van der Waals surface area contributed by atoms with Crippen LogP contribution in [0.3, 0.4) is 0 Å². The van der Waals surface area contributed by atoms with Crippen LogP contribution in [0.2, 0.25) is 0 Å². The fourth-order valence-corrected chi connectivity index (χ4v) is 2.43. The Morgan fingerprint density at radius 1 is 1.32 bits per heavy atom. The van der Waals surface area contributed by atoms with Crippen LogP contribution < -0.4 is 16.0 Å². The van der Waals surface area contributed by atoms with E-state index in [0.717, 1.165) is 31.6 Å². The van der Waals surface area contributed by atoms with Crippen LogP contribution in [0.4, 0.5) is 4.79 Å². The normalized spacial score (nSPS) is 12.7. The average molecular weight is 509 g/mol. The summed E-state index contributed by atoms with van der Waals surface area (Å²) in [7, 11) is 1.72. The molecule has 1 aromatic heterocycles. The number of carbonyl (C=O) groups is 1. The molecule has 1 rings (SSSR count). The molecule has 0 radical (unpaired) electrons. The summed E-state index contributed by atoms with van der Waals surface area (Å²) in [4.78, 5) is 16.2. The summed E-state index contributed by atoms with van der Waals surface area (Å²) in [5, 5.41) is 17.5. The van der Waals surface area contributed by atoms with Crippen molar-refractivity contribution in [2.75, 3.05) is 13.6 Å². The Kier molecular flexibility index (Phi) is 12.8. The maximum Gasteiger partial charge on any atom is 0.407 e. The Morgan fingerprint density at radius 2 is 2.04 bits per heavy atom. The van der Waals surface area contributed by atoms with Gasteiger partial charge in [0.1, 0.15) is 11.9 Å². The van der Waals surface area contributed by atoms with Crippen LogP contribution >= 0.6 is 24.0 Å². The van der Waals surface area contributed by atoms with Crippen LogP contribution in [0.1, 0.15) is 59.7 Å². The van der Waals surface area contributed by atoms with Crippen LogP contribution in [-0.2, 0) is 17.8 Å². The van der Waals surface area contributed by atoms with Gasteiger partial charge in [0.25, 0.3) is 0 Å². The van der Waals surface area contributed by atoms with Gasteiger partial charge in [-0.25, -0.2) is 4.79 Å². The molecule has 162 valence electrons. The number of hydrogen-bond donors (Lipinski definition) is 3. The summed E-state index contributed by atoms with van der Waals surface area (Å²) in [6.07, 6.45) is 4.34. The molecule has 1 amide bonds. The van der Waals surface area contributed by atoms with E-state index in [0.29, 0.717) is 19.0 Å². The number of amides is 1. The number of aliphatic imine (C=N–C) groups is 1. The van der Waals surface area contributed by atoms with Gasteiger partial charge in [-0.15, -0.1) is 34.2 Å². The van der Waals surface area contributed by atoms with Crippen LogP contribution in [-0.4, -0.2) is 52.1 Å². The first-order valence-electron chi connectivity index (χ1n) is 9.59. The second kappa shape index (κ2) is 13.6. The quantitative estimate of drug-likeness (QED) is 0.269. The molecule has 0 bridgehead atoms. The molecule has 9 nitrogen and oxygen atoms in total. The molecule has 0 aromatic carbocycles. The summed E-state index contributed by atoms with van der Waals surface area (Å²) in [6.45, 7) is 11.5. The second-order valence-electron chi connectivity index (χ2n) is 7.33. The molecule has 28 heavy (non-hydrogen) atoms. The summed E-state index contributed by atoms with van der Waals surface area (Å²) in [5.74, 6) is 1.50. The van der Waals surface area contributed by atoms with Gasteiger partial charge in [-0.05, 0) is 34.1 Å². The highest BCUT2D eigenvalue weighted by molar-refractivity contribution is 14.0. The molecular weight excluding hydrogens is 473 g/mol. The first-order valence-corrected chi connectivity index (χ1v) is 9.59. The monoisotopic (exact) mass is 509 g/mol. The predicted molar refractivity (Wildman–Crippen MR) is 122 cm³/mol. The molecule has 0 aliphatic heterocycles. The number of ether oxygens (including phenoxy) is 1. The fraction of sp³-hybridized carbons (Fsp3) is 0.778. The third-order valence-corrected chi connectivity index (χ3v) is 3.81. The molecule has 1 aromatic rings. The number of carbonyl (C=O) groups excluding carboxylic acids is 1. The van der Waals surface area contributed by atoms with Crippen molar-refractivity contribution in [1.29, 1.82) is 0 Å². The van der Waals surface area contributed by atoms with Crippen molar-refractivity contribution in [3.8, 4) is 0 Å². The zero-order valence-electron chi connectivity index (χ0n) is 17.9. The molecule has 0 spiro atoms. The first kappa shape index (κ1) is 26.4. The lowest BCUT2D eigenvalue weighted by Gasteiger charge is -2.24. The molecule has 1 unspecified atom stereocenters. The van der Waals surface area contributed by atoms with Crippen molar-refractivity contribution >= 4 is 36.0 Å². The number of rotatable bonds is 9. The third kappa shape index (κ3) is 10.7. The molecule has 10 heteroatoms. The van der Waals surface area contributed by atoms with E-state index in [1.807, 2.05) is 32.3 Å². The fourth-order valence-electron chi connectivity index (χ4n) is 2.43. The lowest BCUT2D eigenvalue weighted by atomic mass is 10.1. The zero-order valence-corrected chi connectivity index (χ0v) is 20.2. The van der Waals surface area contributed by atoms with Crippen LogP contribution in [0.15, 0.2) is 11.3 Å². The van der Waals surface area contributed by atoms with Crippen LogP contribution in [0.5, 0.6) is 0 Å².